The molecule has 2 aromatic rings. The minimum Gasteiger partial charge on any atom is -0.468 e. The monoisotopic (exact) mass is 380 g/mol. The third-order valence-electron chi connectivity index (χ3n) is 3.63. The van der Waals surface area contributed by atoms with Gasteiger partial charge in [0.2, 0.25) is 5.88 Å². The summed E-state index contributed by atoms with van der Waals surface area (Å²) in [5.74, 6) is 0.491. The lowest BCUT2D eigenvalue weighted by atomic mass is 10.1. The van der Waals surface area contributed by atoms with Crippen LogP contribution in [0.1, 0.15) is 31.0 Å². The predicted octanol–water partition coefficient (Wildman–Crippen LogP) is 3.84. The van der Waals surface area contributed by atoms with Crippen LogP contribution in [0, 0.1) is 0 Å². The van der Waals surface area contributed by atoms with E-state index in [4.69, 9.17) is 4.74 Å². The molecule has 146 valence electrons. The van der Waals surface area contributed by atoms with Gasteiger partial charge in [0.15, 0.2) is 12.6 Å². The molecular weight excluding hydrogens is 357 g/mol. The van der Waals surface area contributed by atoms with Gasteiger partial charge in [-0.05, 0) is 25.5 Å². The van der Waals surface area contributed by atoms with E-state index in [1.54, 1.807) is 12.1 Å². The van der Waals surface area contributed by atoms with Gasteiger partial charge in [-0.1, -0.05) is 36.4 Å². The number of ether oxygens (including phenoxy) is 1. The lowest BCUT2D eigenvalue weighted by molar-refractivity contribution is -0.154. The summed E-state index contributed by atoms with van der Waals surface area (Å²) in [6.07, 6.45) is -3.03. The molecule has 0 aliphatic rings. The lowest BCUT2D eigenvalue weighted by Gasteiger charge is -2.18. The van der Waals surface area contributed by atoms with Gasteiger partial charge in [0.05, 0.1) is 12.6 Å². The fourth-order valence-corrected chi connectivity index (χ4v) is 2.34. The van der Waals surface area contributed by atoms with Crippen molar-refractivity contribution < 1.29 is 17.9 Å². The fraction of sp³-hybridized carbons (Fsp3) is 0.368. The molecule has 0 saturated carbocycles. The van der Waals surface area contributed by atoms with Crippen LogP contribution in [-0.4, -0.2) is 30.3 Å². The highest BCUT2D eigenvalue weighted by atomic mass is 19.4. The molecule has 1 atom stereocenters. The highest BCUT2D eigenvalue weighted by molar-refractivity contribution is 5.80. The number of nitrogens with one attached hydrogen (secondary N) is 2. The summed E-state index contributed by atoms with van der Waals surface area (Å²) in [5, 5.41) is 6.40. The Kier molecular flexibility index (Phi) is 7.45. The number of aromatic nitrogens is 1. The van der Waals surface area contributed by atoms with Crippen molar-refractivity contribution in [2.45, 2.75) is 32.6 Å². The minimum atomic E-state index is -4.42. The number of pyridine rings is 1. The molecular formula is C19H23F3N4O. The molecule has 0 bridgehead atoms. The fourth-order valence-electron chi connectivity index (χ4n) is 2.34. The number of halogens is 3. The van der Waals surface area contributed by atoms with Crippen LogP contribution >= 0.6 is 0 Å². The minimum absolute atomic E-state index is 0.0128. The van der Waals surface area contributed by atoms with Crippen molar-refractivity contribution in [2.24, 2.45) is 4.99 Å². The number of hydrogen-bond acceptors (Lipinski definition) is 3. The van der Waals surface area contributed by atoms with E-state index >= 15 is 0 Å². The average molecular weight is 380 g/mol. The topological polar surface area (TPSA) is 58.5 Å². The van der Waals surface area contributed by atoms with E-state index in [0.29, 0.717) is 18.1 Å². The van der Waals surface area contributed by atoms with E-state index in [1.807, 2.05) is 44.2 Å². The van der Waals surface area contributed by atoms with Crippen LogP contribution in [0.4, 0.5) is 13.2 Å². The maximum atomic E-state index is 12.4. The highest BCUT2D eigenvalue weighted by Gasteiger charge is 2.29. The quantitative estimate of drug-likeness (QED) is 0.566. The van der Waals surface area contributed by atoms with Crippen molar-refractivity contribution in [3.05, 3.63) is 59.8 Å². The van der Waals surface area contributed by atoms with Gasteiger partial charge in [-0.3, -0.25) is 0 Å². The Morgan fingerprint density at radius 3 is 2.59 bits per heavy atom. The summed E-state index contributed by atoms with van der Waals surface area (Å²) in [7, 11) is 0. The molecule has 2 rings (SSSR count). The van der Waals surface area contributed by atoms with E-state index in [9.17, 15) is 13.2 Å². The molecule has 2 N–H and O–H groups in total. The van der Waals surface area contributed by atoms with Crippen molar-refractivity contribution in [1.29, 1.82) is 0 Å². The highest BCUT2D eigenvalue weighted by Crippen LogP contribution is 2.20. The molecule has 0 aliphatic heterocycles. The molecule has 0 aliphatic carbocycles. The molecule has 1 aromatic carbocycles. The molecule has 5 nitrogen and oxygen atoms in total. The van der Waals surface area contributed by atoms with E-state index in [0.717, 1.165) is 5.56 Å². The van der Waals surface area contributed by atoms with E-state index < -0.39 is 12.8 Å². The summed E-state index contributed by atoms with van der Waals surface area (Å²) in [4.78, 5) is 8.33. The molecule has 1 aromatic heterocycles. The number of hydrogen-bond donors (Lipinski definition) is 2. The maximum Gasteiger partial charge on any atom is 0.422 e. The van der Waals surface area contributed by atoms with Crippen molar-refractivity contribution >= 4 is 5.96 Å². The zero-order valence-electron chi connectivity index (χ0n) is 15.3. The van der Waals surface area contributed by atoms with Crippen LogP contribution in [0.2, 0.25) is 0 Å². The van der Waals surface area contributed by atoms with Gasteiger partial charge in [-0.15, -0.1) is 0 Å². The van der Waals surface area contributed by atoms with Gasteiger partial charge in [0.1, 0.15) is 0 Å². The number of rotatable bonds is 7. The van der Waals surface area contributed by atoms with Crippen LogP contribution in [0.15, 0.2) is 53.7 Å². The maximum absolute atomic E-state index is 12.4. The molecule has 0 spiro atoms. The first-order chi connectivity index (χ1) is 12.9. The first-order valence-electron chi connectivity index (χ1n) is 8.62. The Balaban J connectivity index is 2.08. The van der Waals surface area contributed by atoms with Gasteiger partial charge in [0.25, 0.3) is 0 Å². The van der Waals surface area contributed by atoms with Crippen LogP contribution in [0.5, 0.6) is 5.88 Å². The second kappa shape index (κ2) is 9.80. The average Bonchev–Trinajstić information content (AvgIpc) is 2.65. The second-order valence-electron chi connectivity index (χ2n) is 5.84. The lowest BCUT2D eigenvalue weighted by Crippen LogP contribution is -2.38. The molecule has 1 heterocycles. The molecule has 8 heteroatoms. The van der Waals surface area contributed by atoms with Crippen LogP contribution in [0.3, 0.4) is 0 Å². The largest absolute Gasteiger partial charge is 0.468 e. The smallest absolute Gasteiger partial charge is 0.422 e. The Morgan fingerprint density at radius 1 is 1.19 bits per heavy atom. The van der Waals surface area contributed by atoms with Gasteiger partial charge in [-0.2, -0.15) is 13.2 Å². The molecule has 1 unspecified atom stereocenters. The third-order valence-corrected chi connectivity index (χ3v) is 3.63. The number of nitrogens with zero attached hydrogens (tertiary/aromatic N) is 2. The predicted molar refractivity (Wildman–Crippen MR) is 98.6 cm³/mol. The molecule has 0 amide bonds. The Bertz CT molecular complexity index is 735. The zero-order chi connectivity index (χ0) is 19.7. The Hall–Kier alpha value is -2.77. The van der Waals surface area contributed by atoms with Gasteiger partial charge < -0.3 is 15.4 Å². The first kappa shape index (κ1) is 20.5. The number of alkyl halides is 3. The summed E-state index contributed by atoms with van der Waals surface area (Å²) in [5.41, 5.74) is 1.57. The van der Waals surface area contributed by atoms with Crippen molar-refractivity contribution in [3.63, 3.8) is 0 Å². The summed E-state index contributed by atoms with van der Waals surface area (Å²) in [6, 6.07) is 13.2. The van der Waals surface area contributed by atoms with Crippen LogP contribution in [0.25, 0.3) is 0 Å². The van der Waals surface area contributed by atoms with E-state index in [1.165, 1.54) is 6.20 Å². The van der Waals surface area contributed by atoms with Crippen LogP contribution < -0.4 is 15.4 Å². The molecule has 27 heavy (non-hydrogen) atoms. The summed E-state index contributed by atoms with van der Waals surface area (Å²) in [6.45, 7) is 3.34. The summed E-state index contributed by atoms with van der Waals surface area (Å²) < 4.78 is 42.0. The Labute approximate surface area is 156 Å². The second-order valence-corrected chi connectivity index (χ2v) is 5.84. The van der Waals surface area contributed by atoms with Gasteiger partial charge in [-0.25, -0.2) is 9.98 Å². The first-order valence-corrected chi connectivity index (χ1v) is 8.62. The van der Waals surface area contributed by atoms with Crippen molar-refractivity contribution in [3.8, 4) is 5.88 Å². The third kappa shape index (κ3) is 7.16. The summed E-state index contributed by atoms with van der Waals surface area (Å²) >= 11 is 0. The molecule has 0 fully saturated rings. The number of guanidine groups is 1. The molecule has 0 radical (unpaired) electrons. The van der Waals surface area contributed by atoms with Crippen LogP contribution in [-0.2, 0) is 6.54 Å². The molecule has 0 saturated heterocycles. The number of aliphatic imine (C=N–C) groups is 1. The standard InChI is InChI=1S/C19H23F3N4O/c1-3-23-18(26-14(2)15-8-5-4-6-9-15)25-12-16-10-7-11-24-17(16)27-13-19(20,21)22/h4-11,14H,3,12-13H2,1-2H3,(H2,23,25,26). The van der Waals surface area contributed by atoms with E-state index in [-0.39, 0.29) is 18.5 Å². The SMILES string of the molecule is CCNC(=NCc1cccnc1OCC(F)(F)F)NC(C)c1ccccc1. The Morgan fingerprint density at radius 2 is 1.93 bits per heavy atom. The zero-order valence-corrected chi connectivity index (χ0v) is 15.3. The van der Waals surface area contributed by atoms with Gasteiger partial charge in [0, 0.05) is 18.3 Å². The van der Waals surface area contributed by atoms with Crippen molar-refractivity contribution in [2.75, 3.05) is 13.2 Å². The van der Waals surface area contributed by atoms with Gasteiger partial charge >= 0.3 is 6.18 Å². The van der Waals surface area contributed by atoms with E-state index in [2.05, 4.69) is 20.6 Å². The number of benzene rings is 1. The van der Waals surface area contributed by atoms with Crippen molar-refractivity contribution in [1.82, 2.24) is 15.6 Å². The normalized spacial score (nSPS) is 13.1.